The van der Waals surface area contributed by atoms with Crippen LogP contribution in [0.2, 0.25) is 0 Å². The van der Waals surface area contributed by atoms with Gasteiger partial charge in [-0.15, -0.1) is 21.5 Å². The minimum atomic E-state index is -0.154. The molecule has 4 aromatic rings. The summed E-state index contributed by atoms with van der Waals surface area (Å²) >= 11 is 3.13. The molecule has 0 aromatic carbocycles. The molecule has 10 heteroatoms. The van der Waals surface area contributed by atoms with Gasteiger partial charge in [0, 0.05) is 24.4 Å². The van der Waals surface area contributed by atoms with Gasteiger partial charge in [0.1, 0.15) is 17.6 Å². The van der Waals surface area contributed by atoms with Crippen LogP contribution in [-0.4, -0.2) is 31.0 Å². The molecule has 1 amide bonds. The van der Waals surface area contributed by atoms with Crippen LogP contribution in [0.4, 0.5) is 5.82 Å². The van der Waals surface area contributed by atoms with Crippen LogP contribution in [0.5, 0.6) is 0 Å². The highest BCUT2D eigenvalue weighted by atomic mass is 32.2. The predicted octanol–water partition coefficient (Wildman–Crippen LogP) is 5.08. The third kappa shape index (κ3) is 4.74. The molecule has 4 heterocycles. The lowest BCUT2D eigenvalue weighted by molar-refractivity contribution is -0.115. The van der Waals surface area contributed by atoms with Crippen molar-refractivity contribution in [2.45, 2.75) is 45.4 Å². The first-order valence-corrected chi connectivity index (χ1v) is 12.4. The van der Waals surface area contributed by atoms with E-state index in [9.17, 15) is 10.1 Å². The number of nitrogens with zero attached hydrogens (tertiary/aromatic N) is 5. The average molecular weight is 481 g/mol. The summed E-state index contributed by atoms with van der Waals surface area (Å²) in [5, 5.41) is 24.1. The van der Waals surface area contributed by atoms with Gasteiger partial charge in [-0.2, -0.15) is 5.26 Å². The van der Waals surface area contributed by atoms with Crippen LogP contribution in [0, 0.1) is 25.2 Å². The van der Waals surface area contributed by atoms with Gasteiger partial charge in [0.25, 0.3) is 0 Å². The summed E-state index contributed by atoms with van der Waals surface area (Å²) in [5.74, 6) is 2.51. The highest BCUT2D eigenvalue weighted by Gasteiger charge is 2.21. The van der Waals surface area contributed by atoms with E-state index in [0.29, 0.717) is 23.7 Å². The minimum Gasteiger partial charge on any atom is -0.467 e. The van der Waals surface area contributed by atoms with Gasteiger partial charge in [-0.3, -0.25) is 4.79 Å². The summed E-state index contributed by atoms with van der Waals surface area (Å²) in [5.41, 5.74) is 2.25. The molecular weight excluding hydrogens is 456 g/mol. The third-order valence-electron chi connectivity index (χ3n) is 5.43. The van der Waals surface area contributed by atoms with E-state index < -0.39 is 0 Å². The topological polar surface area (TPSA) is 102 Å². The highest BCUT2D eigenvalue weighted by molar-refractivity contribution is 7.99. The second kappa shape index (κ2) is 10.1. The summed E-state index contributed by atoms with van der Waals surface area (Å²) in [6, 6.07) is 9.94. The summed E-state index contributed by atoms with van der Waals surface area (Å²) in [6.07, 6.45) is 1.89. The number of furan rings is 1. The van der Waals surface area contributed by atoms with Crippen LogP contribution in [0.1, 0.15) is 35.9 Å². The van der Waals surface area contributed by atoms with Gasteiger partial charge in [-0.25, -0.2) is 0 Å². The van der Waals surface area contributed by atoms with Crippen molar-refractivity contribution in [3.8, 4) is 16.8 Å². The molecule has 0 unspecified atom stereocenters. The Balaban J connectivity index is 1.44. The van der Waals surface area contributed by atoms with E-state index in [1.165, 1.54) is 11.8 Å². The number of anilines is 1. The Morgan fingerprint density at radius 3 is 2.79 bits per heavy atom. The standard InChI is InChI=1S/C23H24N6O2S2/c1-4-28-22(19-8-6-11-32-19)26-27-23(28)33-12-9-20(30)25-21-18(13-24)15(2)16(3)29(21)14-17-7-5-10-31-17/h5-8,10-11H,4,9,12,14H2,1-3H3,(H,25,30). The Morgan fingerprint density at radius 2 is 2.12 bits per heavy atom. The molecular formula is C23H24N6O2S2. The minimum absolute atomic E-state index is 0.154. The maximum absolute atomic E-state index is 12.8. The van der Waals surface area contributed by atoms with E-state index in [0.717, 1.165) is 39.4 Å². The molecule has 0 saturated carbocycles. The highest BCUT2D eigenvalue weighted by Crippen LogP contribution is 2.29. The van der Waals surface area contributed by atoms with Gasteiger partial charge in [-0.05, 0) is 49.9 Å². The van der Waals surface area contributed by atoms with Gasteiger partial charge in [0.2, 0.25) is 5.91 Å². The maximum Gasteiger partial charge on any atom is 0.226 e. The molecule has 0 saturated heterocycles. The second-order valence-corrected chi connectivity index (χ2v) is 9.40. The number of hydrogen-bond donors (Lipinski definition) is 1. The molecule has 33 heavy (non-hydrogen) atoms. The summed E-state index contributed by atoms with van der Waals surface area (Å²) in [4.78, 5) is 13.9. The molecule has 0 radical (unpaired) electrons. The molecule has 170 valence electrons. The molecule has 8 nitrogen and oxygen atoms in total. The van der Waals surface area contributed by atoms with E-state index >= 15 is 0 Å². The van der Waals surface area contributed by atoms with E-state index in [2.05, 4.69) is 33.1 Å². The first-order chi connectivity index (χ1) is 16.0. The molecule has 0 aliphatic rings. The van der Waals surface area contributed by atoms with Crippen molar-refractivity contribution in [1.82, 2.24) is 19.3 Å². The monoisotopic (exact) mass is 480 g/mol. The molecule has 0 atom stereocenters. The number of thioether (sulfide) groups is 1. The van der Waals surface area contributed by atoms with E-state index in [1.54, 1.807) is 17.6 Å². The Hall–Kier alpha value is -3.29. The largest absolute Gasteiger partial charge is 0.467 e. The lowest BCUT2D eigenvalue weighted by Crippen LogP contribution is -2.17. The summed E-state index contributed by atoms with van der Waals surface area (Å²) in [6.45, 7) is 7.07. The van der Waals surface area contributed by atoms with Gasteiger partial charge in [-0.1, -0.05) is 17.8 Å². The fourth-order valence-electron chi connectivity index (χ4n) is 3.58. The van der Waals surface area contributed by atoms with Crippen LogP contribution in [0.15, 0.2) is 45.5 Å². The average Bonchev–Trinajstić information content (AvgIpc) is 3.60. The SMILES string of the molecule is CCn1c(SCCC(=O)Nc2c(C#N)c(C)c(C)n2Cc2ccco2)nnc1-c1cccs1. The van der Waals surface area contributed by atoms with Gasteiger partial charge in [0.15, 0.2) is 11.0 Å². The van der Waals surface area contributed by atoms with Crippen molar-refractivity contribution in [3.05, 3.63) is 58.5 Å². The number of thiophene rings is 1. The number of aromatic nitrogens is 4. The summed E-state index contributed by atoms with van der Waals surface area (Å²) < 4.78 is 9.44. The molecule has 4 aromatic heterocycles. The first-order valence-electron chi connectivity index (χ1n) is 10.5. The fourth-order valence-corrected chi connectivity index (χ4v) is 5.24. The number of hydrogen-bond acceptors (Lipinski definition) is 7. The maximum atomic E-state index is 12.8. The number of carbonyl (C=O) groups excluding carboxylic acids is 1. The van der Waals surface area contributed by atoms with Crippen LogP contribution < -0.4 is 5.32 Å². The molecule has 0 aliphatic carbocycles. The number of nitrogens with one attached hydrogen (secondary N) is 1. The molecule has 0 spiro atoms. The lowest BCUT2D eigenvalue weighted by atomic mass is 10.2. The van der Waals surface area contributed by atoms with Crippen molar-refractivity contribution in [3.63, 3.8) is 0 Å². The van der Waals surface area contributed by atoms with Crippen LogP contribution in [0.25, 0.3) is 10.7 Å². The Bertz CT molecular complexity index is 1280. The lowest BCUT2D eigenvalue weighted by Gasteiger charge is -2.12. The smallest absolute Gasteiger partial charge is 0.226 e. The van der Waals surface area contributed by atoms with Crippen molar-refractivity contribution in [2.24, 2.45) is 0 Å². The Morgan fingerprint density at radius 1 is 1.27 bits per heavy atom. The van der Waals surface area contributed by atoms with Gasteiger partial charge in [0.05, 0.1) is 23.2 Å². The second-order valence-electron chi connectivity index (χ2n) is 7.39. The van der Waals surface area contributed by atoms with Crippen LogP contribution in [0.3, 0.4) is 0 Å². The predicted molar refractivity (Wildman–Crippen MR) is 129 cm³/mol. The van der Waals surface area contributed by atoms with E-state index in [4.69, 9.17) is 4.42 Å². The van der Waals surface area contributed by atoms with Crippen molar-refractivity contribution in [2.75, 3.05) is 11.1 Å². The van der Waals surface area contributed by atoms with Gasteiger partial charge < -0.3 is 18.9 Å². The fraction of sp³-hybridized carbons (Fsp3) is 0.304. The Kier molecular flexibility index (Phi) is 7.01. The summed E-state index contributed by atoms with van der Waals surface area (Å²) in [7, 11) is 0. The molecule has 0 aliphatic heterocycles. The van der Waals surface area contributed by atoms with Gasteiger partial charge >= 0.3 is 0 Å². The first kappa shape index (κ1) is 22.9. The normalized spacial score (nSPS) is 11.0. The molecule has 1 N–H and O–H groups in total. The quantitative estimate of drug-likeness (QED) is 0.335. The molecule has 4 rings (SSSR count). The van der Waals surface area contributed by atoms with Crippen molar-refractivity contribution in [1.29, 1.82) is 5.26 Å². The zero-order valence-corrected chi connectivity index (χ0v) is 20.3. The number of carbonyl (C=O) groups is 1. The number of nitriles is 1. The number of amides is 1. The van der Waals surface area contributed by atoms with Crippen molar-refractivity contribution < 1.29 is 9.21 Å². The van der Waals surface area contributed by atoms with Crippen LogP contribution in [-0.2, 0) is 17.9 Å². The molecule has 0 bridgehead atoms. The van der Waals surface area contributed by atoms with E-state index in [1.807, 2.05) is 48.1 Å². The third-order valence-corrected chi connectivity index (χ3v) is 7.26. The molecule has 0 fully saturated rings. The zero-order valence-electron chi connectivity index (χ0n) is 18.7. The van der Waals surface area contributed by atoms with Crippen LogP contribution >= 0.6 is 23.1 Å². The van der Waals surface area contributed by atoms with Crippen molar-refractivity contribution >= 4 is 34.8 Å². The number of rotatable bonds is 9. The Labute approximate surface area is 200 Å². The van der Waals surface area contributed by atoms with E-state index in [-0.39, 0.29) is 12.3 Å². The zero-order chi connectivity index (χ0) is 23.4.